The molecule has 108 valence electrons. The van der Waals surface area contributed by atoms with E-state index in [0.29, 0.717) is 0 Å². The molecule has 19 heavy (non-hydrogen) atoms. The first kappa shape index (κ1) is 14.5. The fourth-order valence-corrected chi connectivity index (χ4v) is 3.02. The first-order valence-corrected chi connectivity index (χ1v) is 7.61. The van der Waals surface area contributed by atoms with Crippen molar-refractivity contribution in [2.75, 3.05) is 26.2 Å². The zero-order valence-electron chi connectivity index (χ0n) is 12.7. The summed E-state index contributed by atoms with van der Waals surface area (Å²) in [7, 11) is 2.05. The second-order valence-electron chi connectivity index (χ2n) is 5.83. The Kier molecular flexibility index (Phi) is 5.40. The third-order valence-corrected chi connectivity index (χ3v) is 4.00. The number of hydrogen-bond acceptors (Lipinski definition) is 3. The molecule has 1 aromatic rings. The van der Waals surface area contributed by atoms with Crippen LogP contribution in [0.3, 0.4) is 0 Å². The molecule has 4 nitrogen and oxygen atoms in total. The van der Waals surface area contributed by atoms with Crippen LogP contribution < -0.4 is 5.32 Å². The van der Waals surface area contributed by atoms with Crippen molar-refractivity contribution in [1.29, 1.82) is 0 Å². The van der Waals surface area contributed by atoms with Crippen LogP contribution in [-0.4, -0.2) is 40.9 Å². The zero-order valence-corrected chi connectivity index (χ0v) is 12.7. The van der Waals surface area contributed by atoms with Gasteiger partial charge in [-0.1, -0.05) is 6.92 Å². The lowest BCUT2D eigenvalue weighted by molar-refractivity contribution is 0.195. The van der Waals surface area contributed by atoms with Gasteiger partial charge in [-0.15, -0.1) is 0 Å². The smallest absolute Gasteiger partial charge is 0.0597 e. The first-order valence-electron chi connectivity index (χ1n) is 7.61. The standard InChI is InChI=1S/C15H28N4/c1-4-9-19(11-14-5-7-16-8-6-14)12-15-10-13(2)17-18(15)3/h10,14,16H,4-9,11-12H2,1-3H3. The van der Waals surface area contributed by atoms with Gasteiger partial charge in [-0.2, -0.15) is 5.10 Å². The number of aromatic nitrogens is 2. The molecule has 1 fully saturated rings. The summed E-state index contributed by atoms with van der Waals surface area (Å²) in [6.45, 7) is 10.2. The van der Waals surface area contributed by atoms with Gasteiger partial charge in [0.05, 0.1) is 11.4 Å². The molecule has 1 N–H and O–H groups in total. The summed E-state index contributed by atoms with van der Waals surface area (Å²) in [6, 6.07) is 2.21. The molecule has 1 saturated heterocycles. The molecule has 1 aliphatic heterocycles. The number of piperidine rings is 1. The highest BCUT2D eigenvalue weighted by atomic mass is 15.3. The van der Waals surface area contributed by atoms with Gasteiger partial charge >= 0.3 is 0 Å². The van der Waals surface area contributed by atoms with Crippen molar-refractivity contribution in [3.05, 3.63) is 17.5 Å². The quantitative estimate of drug-likeness (QED) is 0.852. The molecule has 0 spiro atoms. The molecule has 0 amide bonds. The normalized spacial score (nSPS) is 17.3. The van der Waals surface area contributed by atoms with Crippen LogP contribution >= 0.6 is 0 Å². The van der Waals surface area contributed by atoms with E-state index in [2.05, 4.69) is 42.3 Å². The minimum absolute atomic E-state index is 0.863. The molecular formula is C15H28N4. The summed E-state index contributed by atoms with van der Waals surface area (Å²) in [4.78, 5) is 2.60. The highest BCUT2D eigenvalue weighted by Gasteiger charge is 2.17. The second kappa shape index (κ2) is 7.06. The lowest BCUT2D eigenvalue weighted by atomic mass is 9.97. The Hall–Kier alpha value is -0.870. The van der Waals surface area contributed by atoms with E-state index < -0.39 is 0 Å². The lowest BCUT2D eigenvalue weighted by Crippen LogP contribution is -2.36. The van der Waals surface area contributed by atoms with E-state index in [4.69, 9.17) is 0 Å². The highest BCUT2D eigenvalue weighted by molar-refractivity contribution is 5.08. The predicted octanol–water partition coefficient (Wildman–Crippen LogP) is 1.94. The van der Waals surface area contributed by atoms with Gasteiger partial charge in [-0.05, 0) is 57.8 Å². The molecule has 0 unspecified atom stereocenters. The van der Waals surface area contributed by atoms with Crippen LogP contribution in [-0.2, 0) is 13.6 Å². The number of hydrogen-bond donors (Lipinski definition) is 1. The molecular weight excluding hydrogens is 236 g/mol. The van der Waals surface area contributed by atoms with E-state index in [0.717, 1.165) is 18.2 Å². The fourth-order valence-electron chi connectivity index (χ4n) is 3.02. The van der Waals surface area contributed by atoms with Gasteiger partial charge in [0, 0.05) is 20.1 Å². The Morgan fingerprint density at radius 1 is 1.42 bits per heavy atom. The molecule has 0 aromatic carbocycles. The molecule has 2 heterocycles. The van der Waals surface area contributed by atoms with E-state index in [1.54, 1.807) is 0 Å². The summed E-state index contributed by atoms with van der Waals surface area (Å²) < 4.78 is 2.03. The lowest BCUT2D eigenvalue weighted by Gasteiger charge is -2.29. The molecule has 0 saturated carbocycles. The molecule has 2 rings (SSSR count). The van der Waals surface area contributed by atoms with Crippen LogP contribution in [0, 0.1) is 12.8 Å². The average molecular weight is 264 g/mol. The summed E-state index contributed by atoms with van der Waals surface area (Å²) in [6.07, 6.45) is 3.87. The van der Waals surface area contributed by atoms with E-state index in [1.807, 2.05) is 4.68 Å². The van der Waals surface area contributed by atoms with Crippen LogP contribution in [0.1, 0.15) is 37.6 Å². The Balaban J connectivity index is 1.93. The van der Waals surface area contributed by atoms with Gasteiger partial charge in [0.25, 0.3) is 0 Å². The zero-order chi connectivity index (χ0) is 13.7. The summed E-state index contributed by atoms with van der Waals surface area (Å²) >= 11 is 0. The fraction of sp³-hybridized carbons (Fsp3) is 0.800. The van der Waals surface area contributed by atoms with Gasteiger partial charge < -0.3 is 5.32 Å². The molecule has 0 bridgehead atoms. The summed E-state index contributed by atoms with van der Waals surface area (Å²) in [5.41, 5.74) is 2.45. The highest BCUT2D eigenvalue weighted by Crippen LogP contribution is 2.16. The molecule has 0 atom stereocenters. The SMILES string of the molecule is CCCN(Cc1cc(C)nn1C)CC1CCNCC1. The number of aryl methyl sites for hydroxylation is 2. The van der Waals surface area contributed by atoms with Gasteiger partial charge in [0.1, 0.15) is 0 Å². The number of rotatable bonds is 6. The minimum atomic E-state index is 0.863. The number of nitrogens with one attached hydrogen (secondary N) is 1. The monoisotopic (exact) mass is 264 g/mol. The largest absolute Gasteiger partial charge is 0.317 e. The molecule has 0 radical (unpaired) electrons. The minimum Gasteiger partial charge on any atom is -0.317 e. The second-order valence-corrected chi connectivity index (χ2v) is 5.83. The van der Waals surface area contributed by atoms with Crippen molar-refractivity contribution >= 4 is 0 Å². The van der Waals surface area contributed by atoms with Crippen molar-refractivity contribution < 1.29 is 0 Å². The van der Waals surface area contributed by atoms with Crippen molar-refractivity contribution in [3.63, 3.8) is 0 Å². The molecule has 1 aromatic heterocycles. The van der Waals surface area contributed by atoms with Crippen molar-refractivity contribution in [2.45, 2.75) is 39.7 Å². The van der Waals surface area contributed by atoms with E-state index in [1.165, 1.54) is 51.1 Å². The van der Waals surface area contributed by atoms with Crippen LogP contribution in [0.2, 0.25) is 0 Å². The summed E-state index contributed by atoms with van der Waals surface area (Å²) in [5.74, 6) is 0.863. The van der Waals surface area contributed by atoms with Gasteiger partial charge in [0.15, 0.2) is 0 Å². The first-order chi connectivity index (χ1) is 9.19. The topological polar surface area (TPSA) is 33.1 Å². The summed E-state index contributed by atoms with van der Waals surface area (Å²) in [5, 5.41) is 7.90. The maximum atomic E-state index is 4.45. The van der Waals surface area contributed by atoms with Crippen LogP contribution in [0.25, 0.3) is 0 Å². The molecule has 1 aliphatic rings. The van der Waals surface area contributed by atoms with Gasteiger partial charge in [-0.25, -0.2) is 0 Å². The Bertz CT molecular complexity index is 379. The van der Waals surface area contributed by atoms with E-state index >= 15 is 0 Å². The Morgan fingerprint density at radius 2 is 2.16 bits per heavy atom. The van der Waals surface area contributed by atoms with E-state index in [9.17, 15) is 0 Å². The maximum Gasteiger partial charge on any atom is 0.0597 e. The Morgan fingerprint density at radius 3 is 2.74 bits per heavy atom. The van der Waals surface area contributed by atoms with Crippen molar-refractivity contribution in [2.24, 2.45) is 13.0 Å². The predicted molar refractivity (Wildman–Crippen MR) is 79.1 cm³/mol. The van der Waals surface area contributed by atoms with E-state index in [-0.39, 0.29) is 0 Å². The molecule has 0 aliphatic carbocycles. The van der Waals surface area contributed by atoms with Crippen molar-refractivity contribution in [3.8, 4) is 0 Å². The van der Waals surface area contributed by atoms with Crippen LogP contribution in [0.5, 0.6) is 0 Å². The number of nitrogens with zero attached hydrogens (tertiary/aromatic N) is 3. The third-order valence-electron chi connectivity index (χ3n) is 4.00. The van der Waals surface area contributed by atoms with Crippen LogP contribution in [0.4, 0.5) is 0 Å². The van der Waals surface area contributed by atoms with Gasteiger partial charge in [-0.3, -0.25) is 9.58 Å². The van der Waals surface area contributed by atoms with Gasteiger partial charge in [0.2, 0.25) is 0 Å². The molecule has 4 heteroatoms. The van der Waals surface area contributed by atoms with Crippen molar-refractivity contribution in [1.82, 2.24) is 20.0 Å². The third kappa shape index (κ3) is 4.32. The average Bonchev–Trinajstić information content (AvgIpc) is 2.69. The van der Waals surface area contributed by atoms with Crippen LogP contribution in [0.15, 0.2) is 6.07 Å². The maximum absolute atomic E-state index is 4.45. The Labute approximate surface area is 117 Å².